The van der Waals surface area contributed by atoms with Crippen LogP contribution in [0.25, 0.3) is 0 Å². The minimum atomic E-state index is 0.119. The van der Waals surface area contributed by atoms with Crippen molar-refractivity contribution < 1.29 is 9.84 Å². The number of aryl methyl sites for hydroxylation is 1. The van der Waals surface area contributed by atoms with Crippen LogP contribution in [0.15, 0.2) is 35.9 Å². The summed E-state index contributed by atoms with van der Waals surface area (Å²) in [6, 6.07) is 4.07. The summed E-state index contributed by atoms with van der Waals surface area (Å²) in [6.45, 7) is 11.9. The minimum absolute atomic E-state index is 0.119. The molecule has 3 nitrogen and oxygen atoms in total. The molecule has 0 fully saturated rings. The summed E-state index contributed by atoms with van der Waals surface area (Å²) in [6.07, 6.45) is 9.76. The average molecular weight is 372 g/mol. The van der Waals surface area contributed by atoms with E-state index in [9.17, 15) is 5.11 Å². The van der Waals surface area contributed by atoms with Crippen LogP contribution in [0.1, 0.15) is 76.3 Å². The zero-order valence-electron chi connectivity index (χ0n) is 17.4. The van der Waals surface area contributed by atoms with Crippen LogP contribution in [-0.4, -0.2) is 18.3 Å². The minimum Gasteiger partial charge on any atom is -0.507 e. The van der Waals surface area contributed by atoms with Crippen molar-refractivity contribution >= 4 is 0 Å². The zero-order chi connectivity index (χ0) is 19.8. The maximum absolute atomic E-state index is 11.0. The van der Waals surface area contributed by atoms with Gasteiger partial charge in [0, 0.05) is 11.5 Å². The second-order valence-corrected chi connectivity index (χ2v) is 8.00. The number of unbranched alkanes of at least 4 members (excludes halogenated alkanes) is 2. The van der Waals surface area contributed by atoms with Crippen LogP contribution in [0.4, 0.5) is 0 Å². The summed E-state index contributed by atoms with van der Waals surface area (Å²) in [4.78, 5) is 0. The molecule has 0 unspecified atom stereocenters. The zero-order valence-corrected chi connectivity index (χ0v) is 17.4. The molecule has 0 aliphatic heterocycles. The van der Waals surface area contributed by atoms with E-state index >= 15 is 0 Å². The summed E-state index contributed by atoms with van der Waals surface area (Å²) in [5, 5.41) is 11.0. The van der Waals surface area contributed by atoms with E-state index in [4.69, 9.17) is 10.5 Å². The summed E-state index contributed by atoms with van der Waals surface area (Å²) >= 11 is 0. The Labute approximate surface area is 165 Å². The molecule has 0 spiro atoms. The standard InChI is InChI=1S/C24H37NO2/c1-5-6-7-9-19-15-22(26)24(23(16-19)27-13-8-12-25)21-14-18(4)10-11-20(21)17(2)3/h14-16,20-21,26H,2,5-13,25H2,1,3-4H3/t20-,21+/m0/s1. The molecule has 2 rings (SSSR count). The predicted molar refractivity (Wildman–Crippen MR) is 115 cm³/mol. The van der Waals surface area contributed by atoms with E-state index < -0.39 is 0 Å². The Morgan fingerprint density at radius 3 is 2.74 bits per heavy atom. The molecule has 3 N–H and O–H groups in total. The Balaban J connectivity index is 2.41. The van der Waals surface area contributed by atoms with Gasteiger partial charge >= 0.3 is 0 Å². The lowest BCUT2D eigenvalue weighted by atomic mass is 9.73. The van der Waals surface area contributed by atoms with Gasteiger partial charge < -0.3 is 15.6 Å². The lowest BCUT2D eigenvalue weighted by molar-refractivity contribution is 0.302. The Morgan fingerprint density at radius 2 is 2.07 bits per heavy atom. The first-order chi connectivity index (χ1) is 13.0. The fourth-order valence-corrected chi connectivity index (χ4v) is 4.02. The van der Waals surface area contributed by atoms with Gasteiger partial charge in [0.15, 0.2) is 0 Å². The molecule has 0 saturated heterocycles. The molecule has 0 heterocycles. The lowest BCUT2D eigenvalue weighted by Gasteiger charge is -2.32. The Kier molecular flexibility index (Phi) is 8.43. The third-order valence-electron chi connectivity index (χ3n) is 5.57. The van der Waals surface area contributed by atoms with Gasteiger partial charge in [-0.15, -0.1) is 0 Å². The molecule has 2 atom stereocenters. The van der Waals surface area contributed by atoms with E-state index in [1.54, 1.807) is 0 Å². The largest absolute Gasteiger partial charge is 0.507 e. The van der Waals surface area contributed by atoms with Crippen molar-refractivity contribution in [1.29, 1.82) is 0 Å². The van der Waals surface area contributed by atoms with Crippen molar-refractivity contribution in [1.82, 2.24) is 0 Å². The molecule has 27 heavy (non-hydrogen) atoms. The third kappa shape index (κ3) is 5.87. The number of hydrogen-bond acceptors (Lipinski definition) is 3. The van der Waals surface area contributed by atoms with Crippen LogP contribution in [0.3, 0.4) is 0 Å². The molecule has 150 valence electrons. The number of phenolic OH excluding ortho intramolecular Hbond substituents is 1. The van der Waals surface area contributed by atoms with Crippen LogP contribution in [0.5, 0.6) is 11.5 Å². The first-order valence-electron chi connectivity index (χ1n) is 10.5. The van der Waals surface area contributed by atoms with Crippen LogP contribution < -0.4 is 10.5 Å². The molecule has 0 radical (unpaired) electrons. The summed E-state index contributed by atoms with van der Waals surface area (Å²) < 4.78 is 6.12. The highest BCUT2D eigenvalue weighted by molar-refractivity contribution is 5.52. The maximum Gasteiger partial charge on any atom is 0.127 e. The fraction of sp³-hybridized carbons (Fsp3) is 0.583. The van der Waals surface area contributed by atoms with Crippen molar-refractivity contribution in [2.45, 2.75) is 71.6 Å². The van der Waals surface area contributed by atoms with Crippen molar-refractivity contribution in [3.8, 4) is 11.5 Å². The fourth-order valence-electron chi connectivity index (χ4n) is 4.02. The molecule has 1 aromatic rings. The highest BCUT2D eigenvalue weighted by Gasteiger charge is 2.30. The summed E-state index contributed by atoms with van der Waals surface area (Å²) in [7, 11) is 0. The van der Waals surface area contributed by atoms with Gasteiger partial charge in [0.25, 0.3) is 0 Å². The average Bonchev–Trinajstić information content (AvgIpc) is 2.61. The Morgan fingerprint density at radius 1 is 1.30 bits per heavy atom. The van der Waals surface area contributed by atoms with Crippen LogP contribution >= 0.6 is 0 Å². The Bertz CT molecular complexity index is 663. The highest BCUT2D eigenvalue weighted by Crippen LogP contribution is 2.47. The second-order valence-electron chi connectivity index (χ2n) is 8.00. The van der Waals surface area contributed by atoms with Crippen LogP contribution in [0.2, 0.25) is 0 Å². The quantitative estimate of drug-likeness (QED) is 0.399. The summed E-state index contributed by atoms with van der Waals surface area (Å²) in [5.41, 5.74) is 10.2. The van der Waals surface area contributed by atoms with Crippen LogP contribution in [0, 0.1) is 5.92 Å². The number of rotatable bonds is 10. The van der Waals surface area contributed by atoms with Crippen molar-refractivity contribution in [2.75, 3.05) is 13.2 Å². The molecular weight excluding hydrogens is 334 g/mol. The van der Waals surface area contributed by atoms with Crippen molar-refractivity contribution in [3.63, 3.8) is 0 Å². The molecule has 0 saturated carbocycles. The maximum atomic E-state index is 11.0. The third-order valence-corrected chi connectivity index (χ3v) is 5.57. The number of nitrogens with two attached hydrogens (primary N) is 1. The molecule has 0 bridgehead atoms. The number of benzene rings is 1. The topological polar surface area (TPSA) is 55.5 Å². The lowest BCUT2D eigenvalue weighted by Crippen LogP contribution is -2.18. The number of aromatic hydroxyl groups is 1. The van der Waals surface area contributed by atoms with E-state index in [1.807, 2.05) is 6.07 Å². The highest BCUT2D eigenvalue weighted by atomic mass is 16.5. The van der Waals surface area contributed by atoms with Crippen molar-refractivity contribution in [2.24, 2.45) is 11.7 Å². The molecule has 3 heteroatoms. The second kappa shape index (κ2) is 10.6. The van der Waals surface area contributed by atoms with E-state index in [1.165, 1.54) is 24.0 Å². The summed E-state index contributed by atoms with van der Waals surface area (Å²) in [5.74, 6) is 1.63. The molecule has 0 amide bonds. The van der Waals surface area contributed by atoms with Gasteiger partial charge in [-0.25, -0.2) is 0 Å². The number of hydrogen-bond donors (Lipinski definition) is 2. The van der Waals surface area contributed by atoms with E-state index in [0.29, 0.717) is 24.8 Å². The monoisotopic (exact) mass is 371 g/mol. The first kappa shape index (κ1) is 21.6. The molecule has 0 aromatic heterocycles. The number of ether oxygens (including phenoxy) is 1. The van der Waals surface area contributed by atoms with Crippen molar-refractivity contribution in [3.05, 3.63) is 47.1 Å². The molecule has 1 aliphatic rings. The smallest absolute Gasteiger partial charge is 0.127 e. The molecule has 1 aliphatic carbocycles. The van der Waals surface area contributed by atoms with Gasteiger partial charge in [-0.05, 0) is 76.1 Å². The van der Waals surface area contributed by atoms with Gasteiger partial charge in [0.05, 0.1) is 6.61 Å². The van der Waals surface area contributed by atoms with Gasteiger partial charge in [-0.3, -0.25) is 0 Å². The predicted octanol–water partition coefficient (Wildman–Crippen LogP) is 5.87. The molecular formula is C24H37NO2. The normalized spacial score (nSPS) is 19.6. The van der Waals surface area contributed by atoms with E-state index in [0.717, 1.165) is 49.0 Å². The number of allylic oxidation sites excluding steroid dienone is 3. The Hall–Kier alpha value is -1.74. The van der Waals surface area contributed by atoms with Crippen LogP contribution in [-0.2, 0) is 6.42 Å². The van der Waals surface area contributed by atoms with Gasteiger partial charge in [0.1, 0.15) is 11.5 Å². The van der Waals surface area contributed by atoms with E-state index in [-0.39, 0.29) is 5.92 Å². The van der Waals surface area contributed by atoms with Gasteiger partial charge in [-0.2, -0.15) is 0 Å². The van der Waals surface area contributed by atoms with Gasteiger partial charge in [0.2, 0.25) is 0 Å². The number of phenols is 1. The molecule has 1 aromatic carbocycles. The first-order valence-corrected chi connectivity index (χ1v) is 10.5. The SMILES string of the molecule is C=C(C)[C@@H]1CCC(C)=C[C@H]1c1c(O)cc(CCCCC)cc1OCCCN. The van der Waals surface area contributed by atoms with Gasteiger partial charge in [-0.1, -0.05) is 43.6 Å². The van der Waals surface area contributed by atoms with E-state index in [2.05, 4.69) is 39.5 Å².